The second-order valence-corrected chi connectivity index (χ2v) is 7.14. The Morgan fingerprint density at radius 3 is 2.84 bits per heavy atom. The van der Waals surface area contributed by atoms with E-state index in [1.165, 1.54) is 7.11 Å². The highest BCUT2D eigenvalue weighted by molar-refractivity contribution is 6.00. The number of nitrogens with zero attached hydrogens (tertiary/aromatic N) is 2. The Labute approximate surface area is 147 Å². The fraction of sp³-hybridized carbons (Fsp3) is 0.611. The van der Waals surface area contributed by atoms with Crippen LogP contribution in [0.3, 0.4) is 0 Å². The summed E-state index contributed by atoms with van der Waals surface area (Å²) in [6, 6.07) is 1.12. The van der Waals surface area contributed by atoms with Gasteiger partial charge in [-0.2, -0.15) is 0 Å². The molecule has 2 amide bonds. The smallest absolute Gasteiger partial charge is 0.260 e. The van der Waals surface area contributed by atoms with Gasteiger partial charge in [-0.15, -0.1) is 0 Å². The third-order valence-electron chi connectivity index (χ3n) is 4.77. The number of aromatic nitrogens is 1. The molecule has 1 saturated heterocycles. The third-order valence-corrected chi connectivity index (χ3v) is 4.77. The lowest BCUT2D eigenvalue weighted by molar-refractivity contribution is -0.125. The number of hydrogen-bond donors (Lipinski definition) is 2. The maximum absolute atomic E-state index is 13.1. The fourth-order valence-electron chi connectivity index (χ4n) is 3.64. The van der Waals surface area contributed by atoms with Crippen LogP contribution in [0.5, 0.6) is 5.88 Å². The molecule has 1 aliphatic carbocycles. The largest absolute Gasteiger partial charge is 0.480 e. The molecule has 0 radical (unpaired) electrons. The Morgan fingerprint density at radius 1 is 1.40 bits per heavy atom. The molecule has 25 heavy (non-hydrogen) atoms. The maximum atomic E-state index is 13.1. The normalized spacial score (nSPS) is 22.2. The lowest BCUT2D eigenvalue weighted by Gasteiger charge is -2.25. The maximum Gasteiger partial charge on any atom is 0.260 e. The average Bonchev–Trinajstić information content (AvgIpc) is 3.17. The van der Waals surface area contributed by atoms with Gasteiger partial charge in [-0.3, -0.25) is 9.59 Å². The predicted molar refractivity (Wildman–Crippen MR) is 93.5 cm³/mol. The number of aryl methyl sites for hydroxylation is 2. The number of carbonyl (C=O) groups is 2. The number of carbonyl (C=O) groups excluding carboxylic acids is 2. The Bertz CT molecular complexity index is 689. The molecule has 0 spiro atoms. The number of nitrogens with one attached hydrogen (secondary N) is 1. The minimum Gasteiger partial charge on any atom is -0.480 e. The Balaban J connectivity index is 1.90. The second kappa shape index (κ2) is 7.00. The van der Waals surface area contributed by atoms with Crippen molar-refractivity contribution in [3.8, 4) is 5.88 Å². The number of methoxy groups -OCH3 is 1. The van der Waals surface area contributed by atoms with Crippen LogP contribution in [0.2, 0.25) is 0 Å². The van der Waals surface area contributed by atoms with Crippen molar-refractivity contribution in [2.24, 2.45) is 5.73 Å². The summed E-state index contributed by atoms with van der Waals surface area (Å²) >= 11 is 0. The van der Waals surface area contributed by atoms with Crippen molar-refractivity contribution in [3.63, 3.8) is 0 Å². The zero-order valence-corrected chi connectivity index (χ0v) is 15.0. The molecular formula is C18H26N4O3. The van der Waals surface area contributed by atoms with Gasteiger partial charge >= 0.3 is 0 Å². The molecule has 1 aliphatic heterocycles. The van der Waals surface area contributed by atoms with Crippen LogP contribution in [0.25, 0.3) is 0 Å². The third kappa shape index (κ3) is 3.46. The van der Waals surface area contributed by atoms with Crippen molar-refractivity contribution >= 4 is 11.8 Å². The summed E-state index contributed by atoms with van der Waals surface area (Å²) in [5.74, 6) is -0.0746. The quantitative estimate of drug-likeness (QED) is 0.834. The lowest BCUT2D eigenvalue weighted by atomic mass is 10.1. The highest BCUT2D eigenvalue weighted by Crippen LogP contribution is 2.29. The van der Waals surface area contributed by atoms with Gasteiger partial charge in [-0.25, -0.2) is 4.98 Å². The summed E-state index contributed by atoms with van der Waals surface area (Å²) in [5, 5.41) is 2.88. The first-order valence-electron chi connectivity index (χ1n) is 8.84. The lowest BCUT2D eigenvalue weighted by Crippen LogP contribution is -2.47. The zero-order valence-electron chi connectivity index (χ0n) is 15.0. The number of nitrogens with two attached hydrogens (primary N) is 1. The number of rotatable bonds is 4. The molecule has 2 atom stereocenters. The van der Waals surface area contributed by atoms with Crippen LogP contribution in [0.4, 0.5) is 0 Å². The van der Waals surface area contributed by atoms with E-state index in [1.54, 1.807) is 4.90 Å². The summed E-state index contributed by atoms with van der Waals surface area (Å²) < 4.78 is 5.35. The summed E-state index contributed by atoms with van der Waals surface area (Å²) in [4.78, 5) is 31.7. The summed E-state index contributed by atoms with van der Waals surface area (Å²) in [6.07, 6.45) is 3.33. The van der Waals surface area contributed by atoms with E-state index in [0.29, 0.717) is 24.4 Å². The molecule has 136 valence electrons. The van der Waals surface area contributed by atoms with Crippen LogP contribution in [-0.4, -0.2) is 53.5 Å². The van der Waals surface area contributed by atoms with Crippen LogP contribution in [0, 0.1) is 0 Å². The van der Waals surface area contributed by atoms with Gasteiger partial charge in [0.15, 0.2) is 0 Å². The van der Waals surface area contributed by atoms with Crippen molar-refractivity contribution in [3.05, 3.63) is 22.9 Å². The van der Waals surface area contributed by atoms with Crippen molar-refractivity contribution < 1.29 is 14.3 Å². The first-order chi connectivity index (χ1) is 11.9. The van der Waals surface area contributed by atoms with Crippen LogP contribution in [-0.2, 0) is 17.6 Å². The molecule has 3 rings (SSSR count). The first-order valence-corrected chi connectivity index (χ1v) is 8.84. The molecule has 0 saturated carbocycles. The van der Waals surface area contributed by atoms with Gasteiger partial charge in [0, 0.05) is 24.3 Å². The van der Waals surface area contributed by atoms with E-state index in [-0.39, 0.29) is 23.9 Å². The standard InChI is InChI=1S/C18H26N4O3/c1-10(2)20-16(23)15-8-12(19)9-22(15)18(24)13-7-11-5-4-6-14(11)21-17(13)25-3/h7,10,12,15H,4-6,8-9,19H2,1-3H3,(H,20,23)/t12-,15+/m1/s1. The molecule has 1 fully saturated rings. The van der Waals surface area contributed by atoms with E-state index in [2.05, 4.69) is 10.3 Å². The summed E-state index contributed by atoms with van der Waals surface area (Å²) in [6.45, 7) is 4.15. The molecular weight excluding hydrogens is 320 g/mol. The molecule has 2 aliphatic rings. The average molecular weight is 346 g/mol. The molecule has 0 unspecified atom stereocenters. The van der Waals surface area contributed by atoms with Gasteiger partial charge in [0.2, 0.25) is 11.8 Å². The van der Waals surface area contributed by atoms with E-state index < -0.39 is 6.04 Å². The van der Waals surface area contributed by atoms with Crippen LogP contribution in [0.1, 0.15) is 48.3 Å². The van der Waals surface area contributed by atoms with E-state index >= 15 is 0 Å². The summed E-state index contributed by atoms with van der Waals surface area (Å²) in [7, 11) is 1.51. The Kier molecular flexibility index (Phi) is 4.94. The van der Waals surface area contributed by atoms with E-state index in [4.69, 9.17) is 10.5 Å². The Hall–Kier alpha value is -2.15. The molecule has 0 bridgehead atoms. The Morgan fingerprint density at radius 2 is 2.16 bits per heavy atom. The van der Waals surface area contributed by atoms with Crippen molar-refractivity contribution in [2.45, 2.75) is 57.7 Å². The number of ether oxygens (including phenoxy) is 1. The molecule has 1 aromatic heterocycles. The van der Waals surface area contributed by atoms with Gasteiger partial charge in [-0.05, 0) is 51.2 Å². The monoisotopic (exact) mass is 346 g/mol. The first kappa shape index (κ1) is 17.7. The SMILES string of the molecule is COc1nc2c(cc1C(=O)N1C[C@H](N)C[C@H]1C(=O)NC(C)C)CCC2. The molecule has 3 N–H and O–H groups in total. The number of amides is 2. The highest BCUT2D eigenvalue weighted by atomic mass is 16.5. The number of likely N-dealkylation sites (tertiary alicyclic amines) is 1. The van der Waals surface area contributed by atoms with Crippen molar-refractivity contribution in [1.82, 2.24) is 15.2 Å². The predicted octanol–water partition coefficient (Wildman–Crippen LogP) is 0.645. The molecule has 7 nitrogen and oxygen atoms in total. The van der Waals surface area contributed by atoms with E-state index in [0.717, 1.165) is 30.5 Å². The second-order valence-electron chi connectivity index (χ2n) is 7.14. The van der Waals surface area contributed by atoms with E-state index in [1.807, 2.05) is 19.9 Å². The van der Waals surface area contributed by atoms with Crippen LogP contribution < -0.4 is 15.8 Å². The topological polar surface area (TPSA) is 97.6 Å². The van der Waals surface area contributed by atoms with Crippen LogP contribution in [0.15, 0.2) is 6.07 Å². The zero-order chi connectivity index (χ0) is 18.1. The number of fused-ring (bicyclic) bond motifs is 1. The van der Waals surface area contributed by atoms with Gasteiger partial charge in [0.1, 0.15) is 11.6 Å². The van der Waals surface area contributed by atoms with E-state index in [9.17, 15) is 9.59 Å². The van der Waals surface area contributed by atoms with Gasteiger partial charge < -0.3 is 20.7 Å². The van der Waals surface area contributed by atoms with Crippen molar-refractivity contribution in [1.29, 1.82) is 0 Å². The number of pyridine rings is 1. The van der Waals surface area contributed by atoms with Gasteiger partial charge in [-0.1, -0.05) is 0 Å². The molecule has 2 heterocycles. The summed E-state index contributed by atoms with van der Waals surface area (Å²) in [5.41, 5.74) is 8.55. The minimum atomic E-state index is -0.553. The van der Waals surface area contributed by atoms with Crippen molar-refractivity contribution in [2.75, 3.05) is 13.7 Å². The highest BCUT2D eigenvalue weighted by Gasteiger charge is 2.39. The fourth-order valence-corrected chi connectivity index (χ4v) is 3.64. The molecule has 0 aromatic carbocycles. The van der Waals surface area contributed by atoms with Gasteiger partial charge in [0.25, 0.3) is 5.91 Å². The molecule has 1 aromatic rings. The van der Waals surface area contributed by atoms with Gasteiger partial charge in [0.05, 0.1) is 7.11 Å². The minimum absolute atomic E-state index is 0.0115. The molecule has 7 heteroatoms. The number of hydrogen-bond acceptors (Lipinski definition) is 5. The van der Waals surface area contributed by atoms with Crippen LogP contribution >= 0.6 is 0 Å².